The van der Waals surface area contributed by atoms with Crippen molar-refractivity contribution in [2.24, 2.45) is 5.84 Å². The number of hydrogen-bond donors (Lipinski definition) is 2. The number of nitrogens with two attached hydrogens (primary N) is 1. The zero-order chi connectivity index (χ0) is 13.0. The molecule has 0 aliphatic rings. The summed E-state index contributed by atoms with van der Waals surface area (Å²) in [4.78, 5) is 9.69. The number of hydrazine groups is 1. The molecule has 2 aromatic rings. The Balaban J connectivity index is 2.37. The van der Waals surface area contributed by atoms with Crippen molar-refractivity contribution < 1.29 is 0 Å². The first-order chi connectivity index (χ1) is 8.76. The number of anilines is 1. The molecule has 0 radical (unpaired) electrons. The van der Waals surface area contributed by atoms with E-state index in [0.717, 1.165) is 17.0 Å². The fourth-order valence-electron chi connectivity index (χ4n) is 1.70. The lowest BCUT2D eigenvalue weighted by Crippen LogP contribution is -2.12. The van der Waals surface area contributed by atoms with Gasteiger partial charge in [-0.1, -0.05) is 36.9 Å². The molecule has 0 aliphatic carbocycles. The largest absolute Gasteiger partial charge is 0.308 e. The number of aryl methyl sites for hydroxylation is 1. The molecule has 3 N–H and O–H groups in total. The van der Waals surface area contributed by atoms with Gasteiger partial charge in [-0.2, -0.15) is 0 Å². The number of nitrogens with one attached hydrogen (secondary N) is 1. The monoisotopic (exact) mass is 260 g/mol. The summed E-state index contributed by atoms with van der Waals surface area (Å²) in [6.07, 6.45) is 2.38. The number of hydrogen-bond acceptors (Lipinski definition) is 5. The first-order valence-electron chi connectivity index (χ1n) is 5.80. The number of aromatic nitrogens is 2. The van der Waals surface area contributed by atoms with Gasteiger partial charge in [0.05, 0.1) is 0 Å². The molecule has 0 fully saturated rings. The highest BCUT2D eigenvalue weighted by Gasteiger charge is 2.11. The van der Waals surface area contributed by atoms with Crippen LogP contribution in [0.1, 0.15) is 18.1 Å². The van der Waals surface area contributed by atoms with Crippen molar-refractivity contribution in [3.63, 3.8) is 0 Å². The Labute approximate surface area is 111 Å². The maximum atomic E-state index is 5.47. The van der Waals surface area contributed by atoms with Gasteiger partial charge in [0.1, 0.15) is 17.2 Å². The van der Waals surface area contributed by atoms with E-state index in [2.05, 4.69) is 41.4 Å². The molecule has 1 heterocycles. The number of nitrogen functional groups attached to an aromatic ring is 1. The van der Waals surface area contributed by atoms with Crippen molar-refractivity contribution in [3.8, 4) is 0 Å². The molecule has 0 spiro atoms. The average molecular weight is 260 g/mol. The molecular formula is C13H16N4S. The minimum absolute atomic E-state index is 0.698. The predicted molar refractivity (Wildman–Crippen MR) is 74.5 cm³/mol. The van der Waals surface area contributed by atoms with Crippen molar-refractivity contribution in [1.82, 2.24) is 9.97 Å². The Hall–Kier alpha value is -1.59. The van der Waals surface area contributed by atoms with Crippen LogP contribution in [0.15, 0.2) is 40.5 Å². The van der Waals surface area contributed by atoms with E-state index in [1.807, 2.05) is 12.1 Å². The van der Waals surface area contributed by atoms with E-state index >= 15 is 0 Å². The fraction of sp³-hybridized carbons (Fsp3) is 0.231. The van der Waals surface area contributed by atoms with E-state index in [0.29, 0.717) is 5.82 Å². The molecule has 0 bridgehead atoms. The highest BCUT2D eigenvalue weighted by atomic mass is 32.2. The second kappa shape index (κ2) is 5.84. The third kappa shape index (κ3) is 2.63. The van der Waals surface area contributed by atoms with Crippen molar-refractivity contribution in [1.29, 1.82) is 0 Å². The van der Waals surface area contributed by atoms with Crippen LogP contribution < -0.4 is 11.3 Å². The van der Waals surface area contributed by atoms with Crippen molar-refractivity contribution >= 4 is 17.6 Å². The van der Waals surface area contributed by atoms with Crippen molar-refractivity contribution in [2.75, 3.05) is 5.43 Å². The molecule has 1 aromatic heterocycles. The lowest BCUT2D eigenvalue weighted by Gasteiger charge is -2.11. The maximum absolute atomic E-state index is 5.47. The minimum atomic E-state index is 0.698. The van der Waals surface area contributed by atoms with Gasteiger partial charge in [-0.05, 0) is 25.0 Å². The fourth-order valence-corrected chi connectivity index (χ4v) is 2.75. The quantitative estimate of drug-likeness (QED) is 0.503. The smallest absolute Gasteiger partial charge is 0.147 e. The first kappa shape index (κ1) is 12.9. The molecule has 0 saturated carbocycles. The molecule has 0 atom stereocenters. The Kier molecular flexibility index (Phi) is 4.17. The van der Waals surface area contributed by atoms with Gasteiger partial charge in [0.2, 0.25) is 0 Å². The van der Waals surface area contributed by atoms with Crippen LogP contribution in [-0.2, 0) is 6.42 Å². The predicted octanol–water partition coefficient (Wildman–Crippen LogP) is 2.78. The zero-order valence-electron chi connectivity index (χ0n) is 10.5. The normalized spacial score (nSPS) is 10.4. The lowest BCUT2D eigenvalue weighted by molar-refractivity contribution is 0.940. The zero-order valence-corrected chi connectivity index (χ0v) is 11.3. The van der Waals surface area contributed by atoms with Crippen molar-refractivity contribution in [3.05, 3.63) is 41.7 Å². The van der Waals surface area contributed by atoms with E-state index in [1.165, 1.54) is 16.8 Å². The van der Waals surface area contributed by atoms with Crippen LogP contribution in [0.25, 0.3) is 0 Å². The topological polar surface area (TPSA) is 63.8 Å². The van der Waals surface area contributed by atoms with Gasteiger partial charge in [0, 0.05) is 10.5 Å². The van der Waals surface area contributed by atoms with Gasteiger partial charge in [0.25, 0.3) is 0 Å². The highest BCUT2D eigenvalue weighted by molar-refractivity contribution is 7.99. The second-order valence-corrected chi connectivity index (χ2v) is 4.90. The minimum Gasteiger partial charge on any atom is -0.308 e. The lowest BCUT2D eigenvalue weighted by atomic mass is 10.2. The van der Waals surface area contributed by atoms with Gasteiger partial charge < -0.3 is 5.43 Å². The van der Waals surface area contributed by atoms with E-state index in [9.17, 15) is 0 Å². The SMILES string of the molecule is CCc1c(NN)ncnc1Sc1ccccc1C. The molecule has 4 nitrogen and oxygen atoms in total. The summed E-state index contributed by atoms with van der Waals surface area (Å²) < 4.78 is 0. The third-order valence-corrected chi connectivity index (χ3v) is 3.92. The summed E-state index contributed by atoms with van der Waals surface area (Å²) in [5, 5.41) is 0.953. The van der Waals surface area contributed by atoms with Gasteiger partial charge in [-0.25, -0.2) is 15.8 Å². The van der Waals surface area contributed by atoms with Gasteiger partial charge in [-0.3, -0.25) is 0 Å². The third-order valence-electron chi connectivity index (χ3n) is 2.70. The molecule has 18 heavy (non-hydrogen) atoms. The Morgan fingerprint density at radius 2 is 2.06 bits per heavy atom. The highest BCUT2D eigenvalue weighted by Crippen LogP contribution is 2.32. The molecular weight excluding hydrogens is 244 g/mol. The van der Waals surface area contributed by atoms with Crippen LogP contribution in [0, 0.1) is 6.92 Å². The van der Waals surface area contributed by atoms with Gasteiger partial charge >= 0.3 is 0 Å². The second-order valence-electron chi connectivity index (χ2n) is 3.87. The summed E-state index contributed by atoms with van der Waals surface area (Å²) in [5.74, 6) is 6.17. The average Bonchev–Trinajstić information content (AvgIpc) is 2.41. The summed E-state index contributed by atoms with van der Waals surface area (Å²) >= 11 is 1.65. The summed E-state index contributed by atoms with van der Waals surface area (Å²) in [6.45, 7) is 4.17. The molecule has 0 aliphatic heterocycles. The van der Waals surface area contributed by atoms with Gasteiger partial charge in [0.15, 0.2) is 0 Å². The molecule has 0 amide bonds. The maximum Gasteiger partial charge on any atom is 0.147 e. The van der Waals surface area contributed by atoms with Crippen molar-refractivity contribution in [2.45, 2.75) is 30.2 Å². The van der Waals surface area contributed by atoms with E-state index in [-0.39, 0.29) is 0 Å². The molecule has 94 valence electrons. The standard InChI is InChI=1S/C13H16N4S/c1-3-10-12(17-14)15-8-16-13(10)18-11-7-5-4-6-9(11)2/h4-8H,3,14H2,1-2H3,(H,15,16,17). The molecule has 0 saturated heterocycles. The molecule has 2 rings (SSSR count). The van der Waals surface area contributed by atoms with E-state index < -0.39 is 0 Å². The Bertz CT molecular complexity index is 542. The molecule has 5 heteroatoms. The number of nitrogens with zero attached hydrogens (tertiary/aromatic N) is 2. The van der Waals surface area contributed by atoms with E-state index in [4.69, 9.17) is 5.84 Å². The molecule has 0 unspecified atom stereocenters. The summed E-state index contributed by atoms with van der Waals surface area (Å²) in [6, 6.07) is 8.26. The van der Waals surface area contributed by atoms with E-state index in [1.54, 1.807) is 11.8 Å². The van der Waals surface area contributed by atoms with Crippen LogP contribution in [0.4, 0.5) is 5.82 Å². The van der Waals surface area contributed by atoms with Gasteiger partial charge in [-0.15, -0.1) is 0 Å². The Morgan fingerprint density at radius 1 is 1.28 bits per heavy atom. The van der Waals surface area contributed by atoms with Crippen LogP contribution in [0.3, 0.4) is 0 Å². The summed E-state index contributed by atoms with van der Waals surface area (Å²) in [7, 11) is 0. The number of rotatable bonds is 4. The van der Waals surface area contributed by atoms with Crippen LogP contribution >= 0.6 is 11.8 Å². The summed E-state index contributed by atoms with van der Waals surface area (Å²) in [5.41, 5.74) is 4.91. The van der Waals surface area contributed by atoms with Crippen LogP contribution in [-0.4, -0.2) is 9.97 Å². The first-order valence-corrected chi connectivity index (χ1v) is 6.62. The molecule has 1 aromatic carbocycles. The van der Waals surface area contributed by atoms with Crippen LogP contribution in [0.5, 0.6) is 0 Å². The number of benzene rings is 1. The Morgan fingerprint density at radius 3 is 2.72 bits per heavy atom. The van der Waals surface area contributed by atoms with Crippen LogP contribution in [0.2, 0.25) is 0 Å².